The van der Waals surface area contributed by atoms with Crippen molar-refractivity contribution in [2.75, 3.05) is 6.67 Å². The summed E-state index contributed by atoms with van der Waals surface area (Å²) in [6, 6.07) is 9.50. The fraction of sp³-hybridized carbons (Fsp3) is 0.278. The SMILES string of the molecule is O=C(N[C@H](CF)[C@H](O)c1ccc(-c2ccc(C(F)(F)F)cc2)cc1)C(Cl)Cl. The van der Waals surface area contributed by atoms with Crippen molar-refractivity contribution in [2.45, 2.75) is 23.2 Å². The molecule has 0 spiro atoms. The van der Waals surface area contributed by atoms with Crippen LogP contribution in [-0.4, -0.2) is 28.6 Å². The van der Waals surface area contributed by atoms with E-state index in [9.17, 15) is 27.5 Å². The Morgan fingerprint density at radius 1 is 1.00 bits per heavy atom. The van der Waals surface area contributed by atoms with Gasteiger partial charge in [0, 0.05) is 0 Å². The molecular weight excluding hydrogens is 409 g/mol. The number of carbonyl (C=O) groups excluding carboxylic acids is 1. The van der Waals surface area contributed by atoms with Gasteiger partial charge in [0.1, 0.15) is 12.8 Å². The number of nitrogens with one attached hydrogen (secondary N) is 1. The second-order valence-corrected chi connectivity index (χ2v) is 6.81. The number of alkyl halides is 6. The fourth-order valence-electron chi connectivity index (χ4n) is 2.40. The summed E-state index contributed by atoms with van der Waals surface area (Å²) in [6.07, 6.45) is -5.77. The zero-order chi connectivity index (χ0) is 20.2. The molecule has 2 aromatic rings. The first kappa shape index (κ1) is 21.5. The van der Waals surface area contributed by atoms with Crippen molar-refractivity contribution < 1.29 is 27.5 Å². The Hall–Kier alpha value is -1.83. The van der Waals surface area contributed by atoms with E-state index in [0.717, 1.165) is 12.1 Å². The van der Waals surface area contributed by atoms with Crippen molar-refractivity contribution in [3.63, 3.8) is 0 Å². The highest BCUT2D eigenvalue weighted by molar-refractivity contribution is 6.53. The first-order valence-corrected chi connectivity index (χ1v) is 8.61. The number of aliphatic hydroxyl groups is 1. The van der Waals surface area contributed by atoms with Crippen molar-refractivity contribution in [3.05, 3.63) is 59.7 Å². The number of carbonyl (C=O) groups is 1. The van der Waals surface area contributed by atoms with Crippen molar-refractivity contribution >= 4 is 29.1 Å². The summed E-state index contributed by atoms with van der Waals surface area (Å²) in [5.41, 5.74) is 0.722. The summed E-state index contributed by atoms with van der Waals surface area (Å²) < 4.78 is 51.0. The van der Waals surface area contributed by atoms with Crippen LogP contribution in [0, 0.1) is 0 Å². The molecule has 0 saturated heterocycles. The van der Waals surface area contributed by atoms with Crippen molar-refractivity contribution in [2.24, 2.45) is 0 Å². The van der Waals surface area contributed by atoms with E-state index in [2.05, 4.69) is 5.32 Å². The van der Waals surface area contributed by atoms with Crippen LogP contribution in [0.1, 0.15) is 17.2 Å². The van der Waals surface area contributed by atoms with Crippen LogP contribution in [0.3, 0.4) is 0 Å². The maximum atomic E-state index is 13.1. The fourth-order valence-corrected chi connectivity index (χ4v) is 2.53. The lowest BCUT2D eigenvalue weighted by molar-refractivity contribution is -0.137. The van der Waals surface area contributed by atoms with Crippen LogP contribution in [0.2, 0.25) is 0 Å². The minimum absolute atomic E-state index is 0.314. The molecule has 0 aromatic heterocycles. The Bertz CT molecular complexity index is 764. The third-order valence-electron chi connectivity index (χ3n) is 3.87. The number of hydrogen-bond acceptors (Lipinski definition) is 2. The molecule has 0 fully saturated rings. The second kappa shape index (κ2) is 8.91. The van der Waals surface area contributed by atoms with Crippen LogP contribution >= 0.6 is 23.2 Å². The summed E-state index contributed by atoms with van der Waals surface area (Å²) in [5.74, 6) is -0.832. The largest absolute Gasteiger partial charge is 0.416 e. The normalized spacial score (nSPS) is 14.1. The van der Waals surface area contributed by atoms with Gasteiger partial charge >= 0.3 is 6.18 Å². The molecule has 0 unspecified atom stereocenters. The molecule has 0 aliphatic heterocycles. The van der Waals surface area contributed by atoms with E-state index in [-0.39, 0.29) is 0 Å². The number of aliphatic hydroxyl groups excluding tert-OH is 1. The molecule has 0 aliphatic carbocycles. The number of hydrogen-bond donors (Lipinski definition) is 2. The van der Waals surface area contributed by atoms with Gasteiger partial charge in [-0.25, -0.2) is 4.39 Å². The van der Waals surface area contributed by atoms with Crippen LogP contribution in [0.5, 0.6) is 0 Å². The zero-order valence-corrected chi connectivity index (χ0v) is 15.2. The predicted octanol–water partition coefficient (Wildman–Crippen LogP) is 4.66. The van der Waals surface area contributed by atoms with Gasteiger partial charge in [-0.2, -0.15) is 13.2 Å². The molecule has 2 rings (SSSR count). The Morgan fingerprint density at radius 3 is 1.89 bits per heavy atom. The van der Waals surface area contributed by atoms with E-state index in [1.165, 1.54) is 24.3 Å². The molecule has 0 bridgehead atoms. The van der Waals surface area contributed by atoms with Gasteiger partial charge in [0.15, 0.2) is 4.84 Å². The van der Waals surface area contributed by atoms with Crippen molar-refractivity contribution in [1.82, 2.24) is 5.32 Å². The molecule has 1 amide bonds. The highest BCUT2D eigenvalue weighted by Gasteiger charge is 2.30. The van der Waals surface area contributed by atoms with Gasteiger partial charge in [0.25, 0.3) is 5.91 Å². The minimum Gasteiger partial charge on any atom is -0.386 e. The zero-order valence-electron chi connectivity index (χ0n) is 13.7. The topological polar surface area (TPSA) is 49.3 Å². The van der Waals surface area contributed by atoms with Crippen LogP contribution in [0.4, 0.5) is 17.6 Å². The molecule has 2 N–H and O–H groups in total. The highest BCUT2D eigenvalue weighted by Crippen LogP contribution is 2.31. The van der Waals surface area contributed by atoms with Gasteiger partial charge in [0.2, 0.25) is 0 Å². The summed E-state index contributed by atoms with van der Waals surface area (Å²) in [6.45, 7) is -1.05. The second-order valence-electron chi connectivity index (χ2n) is 5.71. The lowest BCUT2D eigenvalue weighted by atomic mass is 9.98. The lowest BCUT2D eigenvalue weighted by Crippen LogP contribution is -2.43. The number of amides is 1. The molecule has 27 heavy (non-hydrogen) atoms. The molecule has 0 aliphatic rings. The van der Waals surface area contributed by atoms with E-state index in [4.69, 9.17) is 23.2 Å². The minimum atomic E-state index is -4.41. The maximum absolute atomic E-state index is 13.1. The molecule has 0 heterocycles. The van der Waals surface area contributed by atoms with Crippen LogP contribution < -0.4 is 5.32 Å². The Kier molecular flexibility index (Phi) is 7.08. The molecular formula is C18H15Cl2F4NO2. The van der Waals surface area contributed by atoms with Crippen molar-refractivity contribution in [1.29, 1.82) is 0 Å². The third-order valence-corrected chi connectivity index (χ3v) is 4.27. The molecule has 2 atom stereocenters. The van der Waals surface area contributed by atoms with Crippen molar-refractivity contribution in [3.8, 4) is 11.1 Å². The first-order valence-electron chi connectivity index (χ1n) is 7.73. The van der Waals surface area contributed by atoms with Gasteiger partial charge in [-0.1, -0.05) is 59.6 Å². The highest BCUT2D eigenvalue weighted by atomic mass is 35.5. The van der Waals surface area contributed by atoms with E-state index in [0.29, 0.717) is 16.7 Å². The quantitative estimate of drug-likeness (QED) is 0.524. The summed E-state index contributed by atoms with van der Waals surface area (Å²) in [4.78, 5) is 10.1. The Morgan fingerprint density at radius 2 is 1.48 bits per heavy atom. The van der Waals surface area contributed by atoms with Crippen LogP contribution in [0.25, 0.3) is 11.1 Å². The molecule has 9 heteroatoms. The summed E-state index contributed by atoms with van der Waals surface area (Å²) in [7, 11) is 0. The number of rotatable bonds is 6. The molecule has 0 saturated carbocycles. The van der Waals surface area contributed by atoms with Gasteiger partial charge in [-0.15, -0.1) is 0 Å². The van der Waals surface area contributed by atoms with Gasteiger partial charge in [-0.05, 0) is 28.8 Å². The van der Waals surface area contributed by atoms with Gasteiger partial charge in [0.05, 0.1) is 11.6 Å². The predicted molar refractivity (Wildman–Crippen MR) is 95.2 cm³/mol. The molecule has 146 valence electrons. The maximum Gasteiger partial charge on any atom is 0.416 e. The van der Waals surface area contributed by atoms with Gasteiger partial charge < -0.3 is 10.4 Å². The van der Waals surface area contributed by atoms with Gasteiger partial charge in [-0.3, -0.25) is 4.79 Å². The first-order chi connectivity index (χ1) is 12.6. The molecule has 3 nitrogen and oxygen atoms in total. The average molecular weight is 424 g/mol. The van der Waals surface area contributed by atoms with E-state index < -0.39 is 41.3 Å². The standard InChI is InChI=1S/C18H15Cl2F4NO2/c19-16(20)17(27)25-14(9-21)15(26)12-3-1-10(2-4-12)11-5-7-13(8-6-11)18(22,23)24/h1-8,14-16,26H,9H2,(H,25,27)/t14-,15-/m1/s1. The molecule has 0 radical (unpaired) electrons. The van der Waals surface area contributed by atoms with E-state index in [1.54, 1.807) is 12.1 Å². The van der Waals surface area contributed by atoms with Crippen LogP contribution in [-0.2, 0) is 11.0 Å². The van der Waals surface area contributed by atoms with E-state index in [1.807, 2.05) is 0 Å². The third kappa shape index (κ3) is 5.57. The van der Waals surface area contributed by atoms with Crippen LogP contribution in [0.15, 0.2) is 48.5 Å². The Labute approximate surface area is 162 Å². The molecule has 2 aromatic carbocycles. The summed E-state index contributed by atoms with van der Waals surface area (Å²) in [5, 5.41) is 12.4. The van der Waals surface area contributed by atoms with E-state index >= 15 is 0 Å². The summed E-state index contributed by atoms with van der Waals surface area (Å²) >= 11 is 10.8. The number of halogens is 6. The lowest BCUT2D eigenvalue weighted by Gasteiger charge is -2.22. The Balaban J connectivity index is 2.15. The number of benzene rings is 2. The smallest absolute Gasteiger partial charge is 0.386 e. The average Bonchev–Trinajstić information content (AvgIpc) is 2.64. The monoisotopic (exact) mass is 423 g/mol.